The van der Waals surface area contributed by atoms with Crippen LogP contribution in [0.5, 0.6) is 0 Å². The van der Waals surface area contributed by atoms with E-state index >= 15 is 0 Å². The van der Waals surface area contributed by atoms with Crippen molar-refractivity contribution < 1.29 is 14.4 Å². The van der Waals surface area contributed by atoms with Crippen LogP contribution in [0, 0.1) is 11.8 Å². The molecule has 3 amide bonds. The lowest BCUT2D eigenvalue weighted by Crippen LogP contribution is -2.34. The molecule has 2 aromatic heterocycles. The molecule has 5 rings (SSSR count). The summed E-state index contributed by atoms with van der Waals surface area (Å²) in [4.78, 5) is 47.4. The predicted molar refractivity (Wildman–Crippen MR) is 114 cm³/mol. The third-order valence-electron chi connectivity index (χ3n) is 6.19. The van der Waals surface area contributed by atoms with Crippen molar-refractivity contribution in [2.24, 2.45) is 11.8 Å². The number of imide groups is 1. The summed E-state index contributed by atoms with van der Waals surface area (Å²) in [7, 11) is 0. The van der Waals surface area contributed by atoms with Gasteiger partial charge in [-0.15, -0.1) is 0 Å². The largest absolute Gasteiger partial charge is 0.326 e. The average Bonchev–Trinajstić information content (AvgIpc) is 3.33. The molecule has 2 unspecified atom stereocenters. The number of hydrogen-bond acceptors (Lipinski definition) is 5. The summed E-state index contributed by atoms with van der Waals surface area (Å²) in [6.07, 6.45) is 9.14. The van der Waals surface area contributed by atoms with Crippen molar-refractivity contribution in [2.45, 2.75) is 32.1 Å². The van der Waals surface area contributed by atoms with Gasteiger partial charge < -0.3 is 5.32 Å². The number of fused-ring (bicyclic) bond motifs is 2. The molecule has 158 valence electrons. The predicted octanol–water partition coefficient (Wildman–Crippen LogP) is 2.90. The molecule has 2 fully saturated rings. The first kappa shape index (κ1) is 19.4. The van der Waals surface area contributed by atoms with Gasteiger partial charge in [0.2, 0.25) is 23.5 Å². The monoisotopic (exact) mass is 417 g/mol. The molecule has 0 radical (unpaired) electrons. The maximum absolute atomic E-state index is 12.5. The Hall–Kier alpha value is -3.55. The van der Waals surface area contributed by atoms with Crippen molar-refractivity contribution in [3.63, 3.8) is 0 Å². The van der Waals surface area contributed by atoms with Crippen LogP contribution in [-0.2, 0) is 14.4 Å². The smallest absolute Gasteiger partial charge is 0.234 e. The minimum Gasteiger partial charge on any atom is -0.326 e. The van der Waals surface area contributed by atoms with Gasteiger partial charge in [0.1, 0.15) is 0 Å². The van der Waals surface area contributed by atoms with Gasteiger partial charge >= 0.3 is 0 Å². The Balaban J connectivity index is 1.19. The van der Waals surface area contributed by atoms with Crippen molar-refractivity contribution in [1.29, 1.82) is 0 Å². The van der Waals surface area contributed by atoms with Gasteiger partial charge in [-0.05, 0) is 31.0 Å². The summed E-state index contributed by atoms with van der Waals surface area (Å²) in [5, 5.41) is 2.84. The van der Waals surface area contributed by atoms with Gasteiger partial charge in [-0.25, -0.2) is 9.97 Å². The standard InChI is InChI=1S/C23H23N5O3/c29-20(10-13-28-21(30)17-4-1-2-5-18(17)22(28)31)25-16-8-6-15(7-9-16)19-14-27-12-3-11-24-23(27)26-19/h3,6-9,11-12,14,17-18H,1-2,4-5,10,13H2,(H,25,29). The molecule has 0 spiro atoms. The molecule has 3 heterocycles. The zero-order chi connectivity index (χ0) is 21.4. The topological polar surface area (TPSA) is 96.7 Å². The van der Waals surface area contributed by atoms with E-state index in [9.17, 15) is 14.4 Å². The first-order valence-electron chi connectivity index (χ1n) is 10.7. The number of anilines is 1. The Morgan fingerprint density at radius 2 is 1.77 bits per heavy atom. The molecule has 1 aliphatic carbocycles. The molecular formula is C23H23N5O3. The number of hydrogen-bond donors (Lipinski definition) is 1. The lowest BCUT2D eigenvalue weighted by atomic mass is 9.81. The first-order chi connectivity index (χ1) is 15.1. The Morgan fingerprint density at radius 3 is 2.45 bits per heavy atom. The normalized spacial score (nSPS) is 20.8. The van der Waals surface area contributed by atoms with Crippen LogP contribution >= 0.6 is 0 Å². The second-order valence-electron chi connectivity index (χ2n) is 8.15. The molecule has 0 bridgehead atoms. The van der Waals surface area contributed by atoms with Crippen molar-refractivity contribution in [3.05, 3.63) is 48.9 Å². The minimum absolute atomic E-state index is 0.0940. The van der Waals surface area contributed by atoms with Gasteiger partial charge in [0.05, 0.1) is 17.5 Å². The van der Waals surface area contributed by atoms with E-state index in [1.54, 1.807) is 6.20 Å². The van der Waals surface area contributed by atoms with E-state index < -0.39 is 0 Å². The van der Waals surface area contributed by atoms with Crippen LogP contribution in [0.2, 0.25) is 0 Å². The second-order valence-corrected chi connectivity index (χ2v) is 8.15. The molecule has 1 saturated heterocycles. The Kier molecular flexibility index (Phi) is 4.97. The molecular weight excluding hydrogens is 394 g/mol. The van der Waals surface area contributed by atoms with Crippen LogP contribution in [-0.4, -0.2) is 43.5 Å². The summed E-state index contributed by atoms with van der Waals surface area (Å²) in [6, 6.07) is 9.23. The van der Waals surface area contributed by atoms with Crippen LogP contribution < -0.4 is 5.32 Å². The summed E-state index contributed by atoms with van der Waals surface area (Å²) in [5.74, 6) is -0.151. The number of amides is 3. The summed E-state index contributed by atoms with van der Waals surface area (Å²) in [5.41, 5.74) is 2.37. The van der Waals surface area contributed by atoms with Gasteiger partial charge in [-0.1, -0.05) is 25.0 Å². The first-order valence-corrected chi connectivity index (χ1v) is 10.7. The number of carbonyl (C=O) groups excluding carboxylic acids is 3. The van der Waals surface area contributed by atoms with Crippen molar-refractivity contribution >= 4 is 29.2 Å². The highest BCUT2D eigenvalue weighted by molar-refractivity contribution is 6.05. The van der Waals surface area contributed by atoms with E-state index in [-0.39, 0.29) is 42.5 Å². The molecule has 8 nitrogen and oxygen atoms in total. The molecule has 8 heteroatoms. The van der Waals surface area contributed by atoms with Crippen LogP contribution in [0.3, 0.4) is 0 Å². The zero-order valence-electron chi connectivity index (χ0n) is 17.0. The zero-order valence-corrected chi connectivity index (χ0v) is 17.0. The Labute approximate surface area is 179 Å². The highest BCUT2D eigenvalue weighted by Crippen LogP contribution is 2.38. The van der Waals surface area contributed by atoms with E-state index in [0.717, 1.165) is 36.9 Å². The van der Waals surface area contributed by atoms with E-state index in [0.29, 0.717) is 11.5 Å². The summed E-state index contributed by atoms with van der Waals surface area (Å²) < 4.78 is 1.85. The maximum Gasteiger partial charge on any atom is 0.234 e. The molecule has 31 heavy (non-hydrogen) atoms. The van der Waals surface area contributed by atoms with Crippen molar-refractivity contribution in [3.8, 4) is 11.3 Å². The summed E-state index contributed by atoms with van der Waals surface area (Å²) in [6.45, 7) is 0.142. The third-order valence-corrected chi connectivity index (χ3v) is 6.19. The molecule has 2 aliphatic rings. The average molecular weight is 417 g/mol. The highest BCUT2D eigenvalue weighted by atomic mass is 16.2. The molecule has 3 aromatic rings. The summed E-state index contributed by atoms with van der Waals surface area (Å²) >= 11 is 0. The van der Waals surface area contributed by atoms with E-state index in [2.05, 4.69) is 15.3 Å². The van der Waals surface area contributed by atoms with E-state index in [1.807, 2.05) is 47.1 Å². The lowest BCUT2D eigenvalue weighted by molar-refractivity contribution is -0.140. The Bertz CT molecular complexity index is 1100. The number of nitrogens with one attached hydrogen (secondary N) is 1. The fourth-order valence-corrected chi connectivity index (χ4v) is 4.58. The van der Waals surface area contributed by atoms with Crippen LogP contribution in [0.15, 0.2) is 48.9 Å². The molecule has 1 saturated carbocycles. The number of rotatable bonds is 5. The van der Waals surface area contributed by atoms with Crippen LogP contribution in [0.4, 0.5) is 5.69 Å². The number of carbonyl (C=O) groups is 3. The van der Waals surface area contributed by atoms with E-state index in [1.165, 1.54) is 4.90 Å². The highest BCUT2D eigenvalue weighted by Gasteiger charge is 2.47. The number of nitrogens with zero attached hydrogens (tertiary/aromatic N) is 4. The second kappa shape index (κ2) is 7.94. The van der Waals surface area contributed by atoms with Gasteiger partial charge in [-0.2, -0.15) is 0 Å². The number of imidazole rings is 1. The number of likely N-dealkylation sites (tertiary alicyclic amines) is 1. The fraction of sp³-hybridized carbons (Fsp3) is 0.348. The SMILES string of the molecule is O=C(CCN1C(=O)C2CCCCC2C1=O)Nc1ccc(-c2cn3cccnc3n2)cc1. The number of aromatic nitrogens is 3. The molecule has 1 aromatic carbocycles. The molecule has 1 aliphatic heterocycles. The van der Waals surface area contributed by atoms with Crippen LogP contribution in [0.25, 0.3) is 17.0 Å². The lowest BCUT2D eigenvalue weighted by Gasteiger charge is -2.19. The third kappa shape index (κ3) is 3.69. The van der Waals surface area contributed by atoms with Gasteiger partial charge in [-0.3, -0.25) is 23.7 Å². The minimum atomic E-state index is -0.222. The number of benzene rings is 1. The Morgan fingerprint density at radius 1 is 1.06 bits per heavy atom. The van der Waals surface area contributed by atoms with Gasteiger partial charge in [0, 0.05) is 42.8 Å². The fourth-order valence-electron chi connectivity index (χ4n) is 4.58. The van der Waals surface area contributed by atoms with Crippen molar-refractivity contribution in [1.82, 2.24) is 19.3 Å². The van der Waals surface area contributed by atoms with E-state index in [4.69, 9.17) is 0 Å². The quantitative estimate of drug-likeness (QED) is 0.644. The van der Waals surface area contributed by atoms with Gasteiger partial charge in [0.25, 0.3) is 0 Å². The molecule has 2 atom stereocenters. The molecule has 1 N–H and O–H groups in total. The maximum atomic E-state index is 12.5. The van der Waals surface area contributed by atoms with Crippen molar-refractivity contribution in [2.75, 3.05) is 11.9 Å². The van der Waals surface area contributed by atoms with Gasteiger partial charge in [0.15, 0.2) is 0 Å². The van der Waals surface area contributed by atoms with Crippen LogP contribution in [0.1, 0.15) is 32.1 Å².